The normalized spacial score (nSPS) is 24.4. The fourth-order valence-corrected chi connectivity index (χ4v) is 3.95. The summed E-state index contributed by atoms with van der Waals surface area (Å²) < 4.78 is 5.90. The average molecular weight is 315 g/mol. The van der Waals surface area contributed by atoms with Gasteiger partial charge in [-0.1, -0.05) is 6.07 Å². The number of anilines is 1. The number of hydrogen-bond acceptors (Lipinski definition) is 5. The number of fused-ring (bicyclic) bond motifs is 1. The van der Waals surface area contributed by atoms with E-state index in [2.05, 4.69) is 16.0 Å². The highest BCUT2D eigenvalue weighted by molar-refractivity contribution is 7.12. The van der Waals surface area contributed by atoms with Gasteiger partial charge in [0.25, 0.3) is 5.91 Å². The van der Waals surface area contributed by atoms with E-state index in [-0.39, 0.29) is 18.1 Å². The minimum atomic E-state index is 0.0814. The first kappa shape index (κ1) is 13.7. The van der Waals surface area contributed by atoms with Crippen molar-refractivity contribution in [3.63, 3.8) is 0 Å². The summed E-state index contributed by atoms with van der Waals surface area (Å²) in [6, 6.07) is 8.03. The summed E-state index contributed by atoms with van der Waals surface area (Å²) in [4.78, 5) is 21.8. The molecule has 2 atom stereocenters. The van der Waals surface area contributed by atoms with Crippen LogP contribution in [0.3, 0.4) is 0 Å². The second kappa shape index (κ2) is 5.70. The molecular formula is C16H17N3O2S. The fourth-order valence-electron chi connectivity index (χ4n) is 3.25. The van der Waals surface area contributed by atoms with Gasteiger partial charge in [0.15, 0.2) is 0 Å². The summed E-state index contributed by atoms with van der Waals surface area (Å²) in [5, 5.41) is 1.94. The number of pyridine rings is 1. The number of thiophene rings is 1. The SMILES string of the molecule is O=C(c1cccs1)N1C[C@@H]2OCCN(c3cccnc3)[C@@H]2C1. The van der Waals surface area contributed by atoms with Crippen molar-refractivity contribution in [1.29, 1.82) is 0 Å². The van der Waals surface area contributed by atoms with Crippen LogP contribution in [-0.4, -0.2) is 54.2 Å². The standard InChI is InChI=1S/C16H17N3O2S/c20-16(15-4-2-8-22-15)18-10-13-14(11-18)21-7-6-19(13)12-3-1-5-17-9-12/h1-5,8-9,13-14H,6-7,10-11H2/t13-,14+/m1/s1. The smallest absolute Gasteiger partial charge is 0.264 e. The van der Waals surface area contributed by atoms with Gasteiger partial charge in [0, 0.05) is 25.8 Å². The van der Waals surface area contributed by atoms with Crippen LogP contribution in [0.4, 0.5) is 5.69 Å². The molecule has 2 aromatic rings. The number of amides is 1. The number of hydrogen-bond donors (Lipinski definition) is 0. The first-order chi connectivity index (χ1) is 10.8. The molecule has 22 heavy (non-hydrogen) atoms. The van der Waals surface area contributed by atoms with Crippen molar-refractivity contribution in [1.82, 2.24) is 9.88 Å². The molecule has 0 aliphatic carbocycles. The average Bonchev–Trinajstić information content (AvgIpc) is 3.24. The van der Waals surface area contributed by atoms with Crippen LogP contribution in [0.25, 0.3) is 0 Å². The summed E-state index contributed by atoms with van der Waals surface area (Å²) in [6.45, 7) is 2.90. The molecule has 5 nitrogen and oxygen atoms in total. The molecule has 0 unspecified atom stereocenters. The van der Waals surface area contributed by atoms with Gasteiger partial charge in [0.2, 0.25) is 0 Å². The second-order valence-corrected chi connectivity index (χ2v) is 6.52. The van der Waals surface area contributed by atoms with Gasteiger partial charge in [-0.15, -0.1) is 11.3 Å². The van der Waals surface area contributed by atoms with Crippen molar-refractivity contribution < 1.29 is 9.53 Å². The zero-order valence-electron chi connectivity index (χ0n) is 12.1. The molecular weight excluding hydrogens is 298 g/mol. The summed E-state index contributed by atoms with van der Waals surface area (Å²) in [5.41, 5.74) is 1.10. The minimum Gasteiger partial charge on any atom is -0.372 e. The van der Waals surface area contributed by atoms with Crippen LogP contribution >= 0.6 is 11.3 Å². The first-order valence-corrected chi connectivity index (χ1v) is 8.32. The summed E-state index contributed by atoms with van der Waals surface area (Å²) in [5.74, 6) is 0.110. The lowest BCUT2D eigenvalue weighted by molar-refractivity contribution is 0.0302. The molecule has 2 fully saturated rings. The third-order valence-corrected chi connectivity index (χ3v) is 5.16. The van der Waals surface area contributed by atoms with E-state index < -0.39 is 0 Å². The number of rotatable bonds is 2. The molecule has 4 rings (SSSR count). The largest absolute Gasteiger partial charge is 0.372 e. The molecule has 2 aromatic heterocycles. The molecule has 0 bridgehead atoms. The highest BCUT2D eigenvalue weighted by atomic mass is 32.1. The molecule has 6 heteroatoms. The highest BCUT2D eigenvalue weighted by Gasteiger charge is 2.42. The van der Waals surface area contributed by atoms with Gasteiger partial charge in [-0.25, -0.2) is 0 Å². The van der Waals surface area contributed by atoms with Crippen molar-refractivity contribution >= 4 is 22.9 Å². The molecule has 1 amide bonds. The molecule has 0 N–H and O–H groups in total. The van der Waals surface area contributed by atoms with E-state index in [1.807, 2.05) is 34.7 Å². The van der Waals surface area contributed by atoms with E-state index in [1.54, 1.807) is 6.20 Å². The Hall–Kier alpha value is -1.92. The number of likely N-dealkylation sites (tertiary alicyclic amines) is 1. The lowest BCUT2D eigenvalue weighted by atomic mass is 10.1. The Morgan fingerprint density at radius 3 is 3.05 bits per heavy atom. The van der Waals surface area contributed by atoms with Crippen molar-refractivity contribution in [3.8, 4) is 0 Å². The number of carbonyl (C=O) groups is 1. The van der Waals surface area contributed by atoms with E-state index in [9.17, 15) is 4.79 Å². The zero-order chi connectivity index (χ0) is 14.9. The minimum absolute atomic E-state index is 0.0814. The van der Waals surface area contributed by atoms with Gasteiger partial charge in [0.05, 0.1) is 35.5 Å². The van der Waals surface area contributed by atoms with Crippen LogP contribution < -0.4 is 4.90 Å². The number of aromatic nitrogens is 1. The van der Waals surface area contributed by atoms with Crippen molar-refractivity contribution in [2.24, 2.45) is 0 Å². The maximum atomic E-state index is 12.5. The maximum absolute atomic E-state index is 12.5. The molecule has 0 saturated carbocycles. The van der Waals surface area contributed by atoms with Crippen molar-refractivity contribution in [3.05, 3.63) is 46.9 Å². The van der Waals surface area contributed by atoms with E-state index in [1.165, 1.54) is 11.3 Å². The molecule has 2 saturated heterocycles. The predicted molar refractivity (Wildman–Crippen MR) is 85.3 cm³/mol. The monoisotopic (exact) mass is 315 g/mol. The Morgan fingerprint density at radius 1 is 1.32 bits per heavy atom. The lowest BCUT2D eigenvalue weighted by Gasteiger charge is -2.38. The molecule has 4 heterocycles. The van der Waals surface area contributed by atoms with Gasteiger partial charge in [-0.3, -0.25) is 9.78 Å². The highest BCUT2D eigenvalue weighted by Crippen LogP contribution is 2.28. The summed E-state index contributed by atoms with van der Waals surface area (Å²) in [7, 11) is 0. The van der Waals surface area contributed by atoms with Gasteiger partial charge in [-0.05, 0) is 23.6 Å². The Bertz CT molecular complexity index is 647. The van der Waals surface area contributed by atoms with Crippen molar-refractivity contribution in [2.45, 2.75) is 12.1 Å². The summed E-state index contributed by atoms with van der Waals surface area (Å²) >= 11 is 1.49. The molecule has 2 aliphatic heterocycles. The van der Waals surface area contributed by atoms with Crippen LogP contribution in [0.2, 0.25) is 0 Å². The Labute approximate surface area is 133 Å². The van der Waals surface area contributed by atoms with E-state index in [4.69, 9.17) is 4.74 Å². The second-order valence-electron chi connectivity index (χ2n) is 5.57. The van der Waals surface area contributed by atoms with Crippen LogP contribution in [0, 0.1) is 0 Å². The van der Waals surface area contributed by atoms with Crippen LogP contribution in [0.1, 0.15) is 9.67 Å². The molecule has 2 aliphatic rings. The van der Waals surface area contributed by atoms with E-state index >= 15 is 0 Å². The molecule has 114 valence electrons. The predicted octanol–water partition coefficient (Wildman–Crippen LogP) is 1.87. The third-order valence-electron chi connectivity index (χ3n) is 4.30. The Morgan fingerprint density at radius 2 is 2.27 bits per heavy atom. The van der Waals surface area contributed by atoms with Crippen LogP contribution in [0.15, 0.2) is 42.0 Å². The Kier molecular flexibility index (Phi) is 3.56. The number of nitrogens with zero attached hydrogens (tertiary/aromatic N) is 3. The maximum Gasteiger partial charge on any atom is 0.264 e. The van der Waals surface area contributed by atoms with Crippen LogP contribution in [-0.2, 0) is 4.74 Å². The fraction of sp³-hybridized carbons (Fsp3) is 0.375. The number of morpholine rings is 1. The first-order valence-electron chi connectivity index (χ1n) is 7.44. The van der Waals surface area contributed by atoms with E-state index in [0.717, 1.165) is 17.1 Å². The summed E-state index contributed by atoms with van der Waals surface area (Å²) in [6.07, 6.45) is 3.74. The number of ether oxygens (including phenoxy) is 1. The molecule has 0 spiro atoms. The van der Waals surface area contributed by atoms with E-state index in [0.29, 0.717) is 19.7 Å². The van der Waals surface area contributed by atoms with Gasteiger partial charge < -0.3 is 14.5 Å². The zero-order valence-corrected chi connectivity index (χ0v) is 12.9. The van der Waals surface area contributed by atoms with Gasteiger partial charge in [-0.2, -0.15) is 0 Å². The molecule has 0 radical (unpaired) electrons. The lowest BCUT2D eigenvalue weighted by Crippen LogP contribution is -2.51. The van der Waals surface area contributed by atoms with Crippen molar-refractivity contribution in [2.75, 3.05) is 31.1 Å². The Balaban J connectivity index is 1.55. The van der Waals surface area contributed by atoms with Gasteiger partial charge >= 0.3 is 0 Å². The van der Waals surface area contributed by atoms with Crippen LogP contribution in [0.5, 0.6) is 0 Å². The van der Waals surface area contributed by atoms with Gasteiger partial charge in [0.1, 0.15) is 0 Å². The quantitative estimate of drug-likeness (QED) is 0.849. The molecule has 0 aromatic carbocycles. The topological polar surface area (TPSA) is 45.7 Å². The third kappa shape index (κ3) is 2.38. The number of carbonyl (C=O) groups excluding carboxylic acids is 1.